The number of carbonyl (C=O) groups is 2. The largest absolute Gasteiger partial charge is 0.481 e. The van der Waals surface area contributed by atoms with Crippen LogP contribution < -0.4 is 0 Å². The summed E-state index contributed by atoms with van der Waals surface area (Å²) in [6.45, 7) is 1.94. The van der Waals surface area contributed by atoms with Gasteiger partial charge in [0.2, 0.25) is 0 Å². The maximum atomic E-state index is 11.6. The number of carboxylic acids is 1. The number of ketones is 1. The Morgan fingerprint density at radius 1 is 1.62 bits per heavy atom. The van der Waals surface area contributed by atoms with Crippen LogP contribution in [0.2, 0.25) is 0 Å². The Morgan fingerprint density at radius 3 is 2.88 bits per heavy atom. The van der Waals surface area contributed by atoms with Crippen LogP contribution in [0.4, 0.5) is 0 Å². The molecule has 3 unspecified atom stereocenters. The van der Waals surface area contributed by atoms with E-state index in [1.165, 1.54) is 0 Å². The average molecular weight is 226 g/mol. The maximum absolute atomic E-state index is 11.6. The highest BCUT2D eigenvalue weighted by molar-refractivity contribution is 5.85. The molecular formula is C12H18O4. The Bertz CT molecular complexity index is 295. The van der Waals surface area contributed by atoms with Crippen LogP contribution in [0.25, 0.3) is 0 Å². The van der Waals surface area contributed by atoms with Gasteiger partial charge in [-0.3, -0.25) is 9.59 Å². The Labute approximate surface area is 95.0 Å². The van der Waals surface area contributed by atoms with Crippen molar-refractivity contribution in [2.24, 2.45) is 11.8 Å². The molecule has 3 atom stereocenters. The summed E-state index contributed by atoms with van der Waals surface area (Å²) in [7, 11) is 0. The number of Topliss-reactive ketones (excluding diaryl/α,β-unsaturated/α-hetero) is 1. The lowest BCUT2D eigenvalue weighted by molar-refractivity contribution is -0.138. The molecule has 0 aromatic rings. The van der Waals surface area contributed by atoms with E-state index in [0.717, 1.165) is 6.42 Å². The van der Waals surface area contributed by atoms with Crippen molar-refractivity contribution in [2.75, 3.05) is 0 Å². The van der Waals surface area contributed by atoms with Crippen LogP contribution in [0.15, 0.2) is 12.2 Å². The fraction of sp³-hybridized carbons (Fsp3) is 0.667. The van der Waals surface area contributed by atoms with Gasteiger partial charge in [-0.15, -0.1) is 0 Å². The minimum atomic E-state index is -0.906. The first-order valence-corrected chi connectivity index (χ1v) is 5.65. The number of carboxylic acid groups (broad SMARTS) is 1. The normalized spacial score (nSPS) is 27.5. The van der Waals surface area contributed by atoms with E-state index >= 15 is 0 Å². The molecule has 1 aliphatic rings. The third-order valence-electron chi connectivity index (χ3n) is 3.01. The molecular weight excluding hydrogens is 208 g/mol. The summed E-state index contributed by atoms with van der Waals surface area (Å²) in [5.74, 6) is -1.67. The summed E-state index contributed by atoms with van der Waals surface area (Å²) in [4.78, 5) is 22.2. The van der Waals surface area contributed by atoms with Crippen molar-refractivity contribution < 1.29 is 19.8 Å². The number of hydrogen-bond acceptors (Lipinski definition) is 3. The second kappa shape index (κ2) is 5.80. The minimum absolute atomic E-state index is 0.0143. The highest BCUT2D eigenvalue weighted by Gasteiger charge is 2.39. The fourth-order valence-electron chi connectivity index (χ4n) is 2.25. The molecule has 4 nitrogen and oxygen atoms in total. The quantitative estimate of drug-likeness (QED) is 0.694. The van der Waals surface area contributed by atoms with Gasteiger partial charge in [-0.2, -0.15) is 0 Å². The maximum Gasteiger partial charge on any atom is 0.303 e. The van der Waals surface area contributed by atoms with Crippen molar-refractivity contribution in [3.63, 3.8) is 0 Å². The van der Waals surface area contributed by atoms with Gasteiger partial charge in [0.1, 0.15) is 5.78 Å². The van der Waals surface area contributed by atoms with E-state index in [2.05, 4.69) is 0 Å². The predicted molar refractivity (Wildman–Crippen MR) is 58.9 cm³/mol. The molecule has 0 aromatic carbocycles. The average Bonchev–Trinajstić information content (AvgIpc) is 2.55. The van der Waals surface area contributed by atoms with E-state index in [9.17, 15) is 14.7 Å². The van der Waals surface area contributed by atoms with Crippen molar-refractivity contribution in [3.05, 3.63) is 12.2 Å². The molecule has 0 aliphatic heterocycles. The van der Waals surface area contributed by atoms with Crippen molar-refractivity contribution in [2.45, 2.75) is 38.7 Å². The van der Waals surface area contributed by atoms with Crippen LogP contribution in [0, 0.1) is 11.8 Å². The molecule has 1 fully saturated rings. The highest BCUT2D eigenvalue weighted by Crippen LogP contribution is 2.34. The third-order valence-corrected chi connectivity index (χ3v) is 3.01. The molecule has 2 N–H and O–H groups in total. The Balaban J connectivity index is 2.69. The smallest absolute Gasteiger partial charge is 0.303 e. The number of rotatable bonds is 5. The second-order valence-corrected chi connectivity index (χ2v) is 4.22. The molecule has 0 saturated heterocycles. The number of allylic oxidation sites excluding steroid dienone is 1. The first-order valence-electron chi connectivity index (χ1n) is 5.65. The fourth-order valence-corrected chi connectivity index (χ4v) is 2.25. The van der Waals surface area contributed by atoms with Gasteiger partial charge in [-0.05, 0) is 18.8 Å². The zero-order valence-corrected chi connectivity index (χ0v) is 9.43. The summed E-state index contributed by atoms with van der Waals surface area (Å²) < 4.78 is 0. The molecule has 1 aliphatic carbocycles. The van der Waals surface area contributed by atoms with Gasteiger partial charge in [-0.25, -0.2) is 0 Å². The molecule has 0 heterocycles. The minimum Gasteiger partial charge on any atom is -0.481 e. The monoisotopic (exact) mass is 226 g/mol. The molecule has 1 saturated carbocycles. The third kappa shape index (κ3) is 3.17. The first-order chi connectivity index (χ1) is 7.56. The standard InChI is InChI=1S/C12H18O4/c1-2-3-4-9(13)12-8(7-11(15)16)5-6-10(12)14/h3-4,8-9,12-13H,2,5-7H2,1H3,(H,15,16)/b4-3-. The van der Waals surface area contributed by atoms with E-state index in [4.69, 9.17) is 5.11 Å². The lowest BCUT2D eigenvalue weighted by atomic mass is 9.87. The number of aliphatic carboxylic acids is 1. The van der Waals surface area contributed by atoms with Gasteiger partial charge in [-0.1, -0.05) is 19.1 Å². The van der Waals surface area contributed by atoms with E-state index in [-0.39, 0.29) is 18.1 Å². The number of hydrogen-bond donors (Lipinski definition) is 2. The van der Waals surface area contributed by atoms with Gasteiger partial charge >= 0.3 is 5.97 Å². The highest BCUT2D eigenvalue weighted by atomic mass is 16.4. The Hall–Kier alpha value is -1.16. The van der Waals surface area contributed by atoms with Crippen LogP contribution >= 0.6 is 0 Å². The molecule has 1 rings (SSSR count). The molecule has 0 bridgehead atoms. The lowest BCUT2D eigenvalue weighted by Crippen LogP contribution is -2.29. The van der Waals surface area contributed by atoms with Gasteiger partial charge in [0.05, 0.1) is 12.0 Å². The number of aliphatic hydroxyl groups is 1. The van der Waals surface area contributed by atoms with E-state index in [0.29, 0.717) is 12.8 Å². The molecule has 0 aromatic heterocycles. The van der Waals surface area contributed by atoms with Crippen LogP contribution in [0.5, 0.6) is 0 Å². The summed E-state index contributed by atoms with van der Waals surface area (Å²) in [5.41, 5.74) is 0. The number of aliphatic hydroxyl groups excluding tert-OH is 1. The van der Waals surface area contributed by atoms with Crippen LogP contribution in [0.1, 0.15) is 32.6 Å². The molecule has 4 heteroatoms. The van der Waals surface area contributed by atoms with Crippen molar-refractivity contribution in [1.29, 1.82) is 0 Å². The topological polar surface area (TPSA) is 74.6 Å². The predicted octanol–water partition coefficient (Wildman–Crippen LogP) is 1.38. The van der Waals surface area contributed by atoms with E-state index < -0.39 is 18.0 Å². The molecule has 0 radical (unpaired) electrons. The zero-order chi connectivity index (χ0) is 12.1. The zero-order valence-electron chi connectivity index (χ0n) is 9.43. The summed E-state index contributed by atoms with van der Waals surface area (Å²) >= 11 is 0. The van der Waals surface area contributed by atoms with Gasteiger partial charge in [0, 0.05) is 12.8 Å². The first kappa shape index (κ1) is 12.9. The van der Waals surface area contributed by atoms with E-state index in [1.54, 1.807) is 12.2 Å². The van der Waals surface area contributed by atoms with E-state index in [1.807, 2.05) is 6.92 Å². The van der Waals surface area contributed by atoms with Crippen LogP contribution in [0.3, 0.4) is 0 Å². The Morgan fingerprint density at radius 2 is 2.31 bits per heavy atom. The van der Waals surface area contributed by atoms with Crippen LogP contribution in [-0.2, 0) is 9.59 Å². The SMILES string of the molecule is CC/C=C\C(O)C1C(=O)CCC1CC(=O)O. The summed E-state index contributed by atoms with van der Waals surface area (Å²) in [6.07, 6.45) is 4.29. The van der Waals surface area contributed by atoms with Gasteiger partial charge < -0.3 is 10.2 Å². The Kier molecular flexibility index (Phi) is 4.68. The molecule has 90 valence electrons. The molecule has 16 heavy (non-hydrogen) atoms. The second-order valence-electron chi connectivity index (χ2n) is 4.22. The lowest BCUT2D eigenvalue weighted by Gasteiger charge is -2.19. The molecule has 0 amide bonds. The van der Waals surface area contributed by atoms with Crippen molar-refractivity contribution in [1.82, 2.24) is 0 Å². The van der Waals surface area contributed by atoms with Crippen LogP contribution in [-0.4, -0.2) is 28.1 Å². The van der Waals surface area contributed by atoms with Gasteiger partial charge in [0.25, 0.3) is 0 Å². The summed E-state index contributed by atoms with van der Waals surface area (Å²) in [6, 6.07) is 0. The number of carbonyl (C=O) groups excluding carboxylic acids is 1. The molecule has 0 spiro atoms. The van der Waals surface area contributed by atoms with Crippen molar-refractivity contribution in [3.8, 4) is 0 Å². The summed E-state index contributed by atoms with van der Waals surface area (Å²) in [5, 5.41) is 18.6. The van der Waals surface area contributed by atoms with Gasteiger partial charge in [0.15, 0.2) is 0 Å². The van der Waals surface area contributed by atoms with Crippen molar-refractivity contribution >= 4 is 11.8 Å².